The normalized spacial score (nSPS) is 36.2. The third-order valence-corrected chi connectivity index (χ3v) is 7.37. The molecule has 1 aromatic rings. The summed E-state index contributed by atoms with van der Waals surface area (Å²) in [5.74, 6) is 0.357. The molecule has 5 aliphatic rings. The van der Waals surface area contributed by atoms with Gasteiger partial charge in [0.05, 0.1) is 11.8 Å². The summed E-state index contributed by atoms with van der Waals surface area (Å²) in [5, 5.41) is 2.78. The van der Waals surface area contributed by atoms with Gasteiger partial charge in [-0.1, -0.05) is 34.1 Å². The van der Waals surface area contributed by atoms with E-state index in [0.29, 0.717) is 17.5 Å². The molecule has 6 heteroatoms. The van der Waals surface area contributed by atoms with Gasteiger partial charge in [-0.2, -0.15) is 0 Å². The van der Waals surface area contributed by atoms with E-state index in [1.807, 2.05) is 25.1 Å². The molecule has 5 nitrogen and oxygen atoms in total. The number of nitrogens with one attached hydrogen (secondary N) is 1. The lowest BCUT2D eigenvalue weighted by Gasteiger charge is -2.37. The first-order valence-corrected chi connectivity index (χ1v) is 9.84. The van der Waals surface area contributed by atoms with E-state index in [4.69, 9.17) is 0 Å². The van der Waals surface area contributed by atoms with E-state index in [1.54, 1.807) is 0 Å². The van der Waals surface area contributed by atoms with E-state index in [0.717, 1.165) is 16.5 Å². The smallest absolute Gasteiger partial charge is 0.244 e. The lowest BCUT2D eigenvalue weighted by Crippen LogP contribution is -2.40. The standard InChI is InChI=1S/C20H19BrN2O3/c1-9-2-3-10(6-15(9)21)22-16(24)8-23-19(25)17-11-4-5-12(14-7-13(11)14)18(17)20(23)26/h2-6,11-14,17-18H,7-8H2,1H3,(H,22,24)/t11-,12-,13-,14+,17-,18+/m0/s1. The first-order valence-electron chi connectivity index (χ1n) is 9.05. The minimum absolute atomic E-state index is 0.162. The first kappa shape index (κ1) is 16.2. The molecule has 1 heterocycles. The second-order valence-electron chi connectivity index (χ2n) is 7.93. The van der Waals surface area contributed by atoms with Crippen LogP contribution < -0.4 is 5.32 Å². The van der Waals surface area contributed by atoms with Crippen molar-refractivity contribution in [2.75, 3.05) is 11.9 Å². The molecule has 0 unspecified atom stereocenters. The van der Waals surface area contributed by atoms with Crippen molar-refractivity contribution in [3.05, 3.63) is 40.4 Å². The van der Waals surface area contributed by atoms with Crippen LogP contribution in [-0.2, 0) is 14.4 Å². The Morgan fingerprint density at radius 3 is 2.35 bits per heavy atom. The van der Waals surface area contributed by atoms with E-state index in [2.05, 4.69) is 33.4 Å². The second kappa shape index (κ2) is 5.52. The topological polar surface area (TPSA) is 66.5 Å². The number of hydrogen-bond acceptors (Lipinski definition) is 3. The maximum atomic E-state index is 12.9. The molecule has 2 saturated carbocycles. The summed E-state index contributed by atoms with van der Waals surface area (Å²) in [6.07, 6.45) is 5.41. The second-order valence-corrected chi connectivity index (χ2v) is 8.78. The fourth-order valence-electron chi connectivity index (χ4n) is 5.19. The Bertz CT molecular complexity index is 844. The molecule has 26 heavy (non-hydrogen) atoms. The third kappa shape index (κ3) is 2.24. The number of allylic oxidation sites excluding steroid dienone is 2. The summed E-state index contributed by atoms with van der Waals surface area (Å²) in [7, 11) is 0. The van der Waals surface area contributed by atoms with E-state index >= 15 is 0 Å². The van der Waals surface area contributed by atoms with Crippen LogP contribution in [0.1, 0.15) is 12.0 Å². The number of anilines is 1. The summed E-state index contributed by atoms with van der Waals surface area (Å²) in [4.78, 5) is 39.4. The molecule has 1 aromatic carbocycles. The number of rotatable bonds is 3. The van der Waals surface area contributed by atoms with Gasteiger partial charge in [-0.05, 0) is 54.7 Å². The highest BCUT2D eigenvalue weighted by Gasteiger charge is 2.67. The predicted octanol–water partition coefficient (Wildman–Crippen LogP) is 2.75. The number of aryl methyl sites for hydroxylation is 1. The molecule has 3 fully saturated rings. The van der Waals surface area contributed by atoms with Gasteiger partial charge in [-0.3, -0.25) is 19.3 Å². The van der Waals surface area contributed by atoms with Crippen molar-refractivity contribution in [1.82, 2.24) is 4.90 Å². The van der Waals surface area contributed by atoms with Crippen LogP contribution in [0.4, 0.5) is 5.69 Å². The minimum Gasteiger partial charge on any atom is -0.324 e. The largest absolute Gasteiger partial charge is 0.324 e. The zero-order chi connectivity index (χ0) is 18.2. The van der Waals surface area contributed by atoms with Gasteiger partial charge in [0.15, 0.2) is 0 Å². The molecule has 1 N–H and O–H groups in total. The van der Waals surface area contributed by atoms with E-state index in [1.165, 1.54) is 4.90 Å². The number of amides is 3. The van der Waals surface area contributed by atoms with Gasteiger partial charge in [-0.25, -0.2) is 0 Å². The maximum absolute atomic E-state index is 12.9. The van der Waals surface area contributed by atoms with Crippen LogP contribution in [0.15, 0.2) is 34.8 Å². The van der Waals surface area contributed by atoms with Gasteiger partial charge in [0.2, 0.25) is 17.7 Å². The van der Waals surface area contributed by atoms with Crippen LogP contribution in [0, 0.1) is 42.4 Å². The Balaban J connectivity index is 1.32. The number of halogens is 1. The van der Waals surface area contributed by atoms with Gasteiger partial charge in [-0.15, -0.1) is 0 Å². The van der Waals surface area contributed by atoms with Crippen LogP contribution in [0.5, 0.6) is 0 Å². The number of carbonyl (C=O) groups is 3. The predicted molar refractivity (Wildman–Crippen MR) is 98.9 cm³/mol. The summed E-state index contributed by atoms with van der Waals surface area (Å²) in [6.45, 7) is 1.76. The summed E-state index contributed by atoms with van der Waals surface area (Å²) >= 11 is 3.44. The molecule has 3 amide bonds. The molecular weight excluding hydrogens is 396 g/mol. The molecular formula is C20H19BrN2O3. The molecule has 134 valence electrons. The maximum Gasteiger partial charge on any atom is 0.244 e. The first-order chi connectivity index (χ1) is 12.5. The Morgan fingerprint density at radius 2 is 1.77 bits per heavy atom. The average Bonchev–Trinajstić information content (AvgIpc) is 3.39. The lowest BCUT2D eigenvalue weighted by atomic mass is 9.63. The van der Waals surface area contributed by atoms with Crippen molar-refractivity contribution in [1.29, 1.82) is 0 Å². The van der Waals surface area contributed by atoms with Gasteiger partial charge < -0.3 is 5.32 Å². The van der Waals surface area contributed by atoms with Crippen molar-refractivity contribution < 1.29 is 14.4 Å². The fraction of sp³-hybridized carbons (Fsp3) is 0.450. The minimum atomic E-state index is -0.341. The molecule has 4 aliphatic carbocycles. The fourth-order valence-corrected chi connectivity index (χ4v) is 5.57. The quantitative estimate of drug-likeness (QED) is 0.610. The summed E-state index contributed by atoms with van der Waals surface area (Å²) < 4.78 is 0.900. The van der Waals surface area contributed by atoms with Crippen molar-refractivity contribution in [3.63, 3.8) is 0 Å². The highest BCUT2D eigenvalue weighted by Crippen LogP contribution is 2.65. The van der Waals surface area contributed by atoms with Crippen LogP contribution in [0.25, 0.3) is 0 Å². The number of likely N-dealkylation sites (tertiary alicyclic amines) is 1. The van der Waals surface area contributed by atoms with Crippen molar-refractivity contribution in [2.45, 2.75) is 13.3 Å². The molecule has 1 saturated heterocycles. The zero-order valence-corrected chi connectivity index (χ0v) is 15.9. The number of hydrogen-bond donors (Lipinski definition) is 1. The molecule has 0 aromatic heterocycles. The highest BCUT2D eigenvalue weighted by atomic mass is 79.9. The summed E-state index contributed by atoms with van der Waals surface area (Å²) in [5.41, 5.74) is 1.71. The highest BCUT2D eigenvalue weighted by molar-refractivity contribution is 9.10. The third-order valence-electron chi connectivity index (χ3n) is 6.51. The zero-order valence-electron chi connectivity index (χ0n) is 14.3. The number of nitrogens with zero attached hydrogens (tertiary/aromatic N) is 1. The van der Waals surface area contributed by atoms with Crippen LogP contribution in [0.2, 0.25) is 0 Å². The van der Waals surface area contributed by atoms with Crippen molar-refractivity contribution >= 4 is 39.3 Å². The Hall–Kier alpha value is -1.95. The SMILES string of the molecule is Cc1ccc(NC(=O)CN2C(=O)[C@@H]3[C@H]4C=C[C@@H]([C@@H]5C[C@H]45)[C@@H]3C2=O)cc1Br. The Morgan fingerprint density at radius 1 is 1.15 bits per heavy atom. The summed E-state index contributed by atoms with van der Waals surface area (Å²) in [6, 6.07) is 5.53. The molecule has 0 radical (unpaired) electrons. The Kier molecular flexibility index (Phi) is 3.45. The molecule has 2 bridgehead atoms. The van der Waals surface area contributed by atoms with Crippen molar-refractivity contribution in [2.24, 2.45) is 35.5 Å². The van der Waals surface area contributed by atoms with E-state index < -0.39 is 0 Å². The van der Waals surface area contributed by atoms with Gasteiger partial charge in [0.25, 0.3) is 0 Å². The van der Waals surface area contributed by atoms with Gasteiger partial charge in [0, 0.05) is 10.2 Å². The number of carbonyl (C=O) groups excluding carboxylic acids is 3. The molecule has 6 rings (SSSR count). The van der Waals surface area contributed by atoms with E-state index in [9.17, 15) is 14.4 Å². The van der Waals surface area contributed by atoms with Crippen LogP contribution in [0.3, 0.4) is 0 Å². The number of imide groups is 1. The lowest BCUT2D eigenvalue weighted by molar-refractivity contribution is -0.142. The molecule has 1 aliphatic heterocycles. The van der Waals surface area contributed by atoms with Crippen LogP contribution >= 0.6 is 15.9 Å². The molecule has 6 atom stereocenters. The molecule has 0 spiro atoms. The van der Waals surface area contributed by atoms with Gasteiger partial charge >= 0.3 is 0 Å². The average molecular weight is 415 g/mol. The van der Waals surface area contributed by atoms with Crippen LogP contribution in [-0.4, -0.2) is 29.2 Å². The number of benzene rings is 1. The van der Waals surface area contributed by atoms with E-state index in [-0.39, 0.29) is 47.9 Å². The van der Waals surface area contributed by atoms with Gasteiger partial charge in [0.1, 0.15) is 6.54 Å². The Labute approximate surface area is 159 Å². The monoisotopic (exact) mass is 414 g/mol. The van der Waals surface area contributed by atoms with Crippen molar-refractivity contribution in [3.8, 4) is 0 Å².